The second-order valence-corrected chi connectivity index (χ2v) is 13.8. The lowest BCUT2D eigenvalue weighted by molar-refractivity contribution is 1.07. The van der Waals surface area contributed by atoms with Gasteiger partial charge in [-0.15, -0.1) is 11.3 Å². The van der Waals surface area contributed by atoms with Crippen LogP contribution in [-0.4, -0.2) is 10.7 Å². The third-order valence-electron chi connectivity index (χ3n) is 9.60. The number of allylic oxidation sites excluding steroid dienone is 1. The van der Waals surface area contributed by atoms with E-state index in [1.807, 2.05) is 36.5 Å². The molecule has 0 spiro atoms. The first kappa shape index (κ1) is 30.7. The minimum absolute atomic E-state index is 0.554. The van der Waals surface area contributed by atoms with Crippen LogP contribution in [0.3, 0.4) is 0 Å². The summed E-state index contributed by atoms with van der Waals surface area (Å²) < 4.78 is 2.40. The smallest absolute Gasteiger partial charge is 0.0894 e. The van der Waals surface area contributed by atoms with Gasteiger partial charge in [-0.25, -0.2) is 0 Å². The van der Waals surface area contributed by atoms with Gasteiger partial charge in [-0.3, -0.25) is 9.98 Å². The summed E-state index contributed by atoms with van der Waals surface area (Å²) in [4.78, 5) is 9.94. The topological polar surface area (TPSA) is 51.3 Å². The first-order valence-electron chi connectivity index (χ1n) is 17.1. The molecule has 51 heavy (non-hydrogen) atoms. The van der Waals surface area contributed by atoms with E-state index in [-0.39, 0.29) is 0 Å². The number of aliphatic imine (C=N–C) groups is 1. The van der Waals surface area contributed by atoms with Gasteiger partial charge in [-0.1, -0.05) is 140 Å². The second kappa shape index (κ2) is 13.2. The molecular formula is C47H33N3S. The average molecular weight is 672 g/mol. The van der Waals surface area contributed by atoms with Gasteiger partial charge < -0.3 is 5.73 Å². The summed E-state index contributed by atoms with van der Waals surface area (Å²) in [6.45, 7) is 0.554. The molecule has 4 heteroatoms. The van der Waals surface area contributed by atoms with Gasteiger partial charge in [-0.2, -0.15) is 0 Å². The van der Waals surface area contributed by atoms with Crippen molar-refractivity contribution >= 4 is 64.6 Å². The van der Waals surface area contributed by atoms with Crippen molar-refractivity contribution in [2.24, 2.45) is 10.7 Å². The van der Waals surface area contributed by atoms with E-state index in [4.69, 9.17) is 15.7 Å². The number of hydrogen-bond donors (Lipinski definition) is 1. The van der Waals surface area contributed by atoms with Crippen LogP contribution in [0.4, 0.5) is 0 Å². The maximum Gasteiger partial charge on any atom is 0.0894 e. The zero-order chi connectivity index (χ0) is 34.1. The van der Waals surface area contributed by atoms with E-state index in [1.54, 1.807) is 11.3 Å². The van der Waals surface area contributed by atoms with Gasteiger partial charge in [0, 0.05) is 33.1 Å². The van der Waals surface area contributed by atoms with Crippen LogP contribution in [-0.2, 0) is 6.54 Å². The van der Waals surface area contributed by atoms with E-state index in [2.05, 4.69) is 140 Å². The van der Waals surface area contributed by atoms with Crippen molar-refractivity contribution in [2.75, 3.05) is 0 Å². The number of nitrogens with zero attached hydrogens (tertiary/aromatic N) is 2. The number of rotatable bonds is 7. The molecule has 0 unspecified atom stereocenters. The number of fused-ring (bicyclic) bond motifs is 6. The molecule has 0 atom stereocenters. The molecule has 9 rings (SSSR count). The molecular weight excluding hydrogens is 639 g/mol. The third kappa shape index (κ3) is 5.76. The molecule has 242 valence electrons. The standard InChI is InChI=1S/C47H33N3S/c48-43(29-44(32-15-5-2-6-16-32)50-30-31-13-3-1-4-14-31)42-28-34(36-25-26-49-46-40-21-11-12-22-45(40)51-47(36)46)23-24-39(42)41-27-33-17-7-8-18-35(33)37-19-9-10-20-38(37)41/h1-29H,30,48H2/b43-29-,50-44?. The molecule has 0 fully saturated rings. The summed E-state index contributed by atoms with van der Waals surface area (Å²) in [7, 11) is 0. The van der Waals surface area contributed by atoms with Crippen LogP contribution in [0.25, 0.3) is 69.8 Å². The van der Waals surface area contributed by atoms with E-state index in [0.717, 1.165) is 50.2 Å². The summed E-state index contributed by atoms with van der Waals surface area (Å²) in [5.74, 6) is 0. The number of nitrogens with two attached hydrogens (primary N) is 1. The molecule has 0 amide bonds. The fourth-order valence-corrected chi connectivity index (χ4v) is 8.30. The SMILES string of the molecule is N/C(=C\C(=NCc1ccccc1)c1ccccc1)c1cc(-c2ccnc3c2sc2ccccc23)ccc1-c1cc2ccccc2c2ccccc12. The van der Waals surface area contributed by atoms with E-state index in [0.29, 0.717) is 12.2 Å². The first-order valence-corrected chi connectivity index (χ1v) is 18.0. The Hall–Kier alpha value is -6.36. The highest BCUT2D eigenvalue weighted by atomic mass is 32.1. The predicted octanol–water partition coefficient (Wildman–Crippen LogP) is 12.1. The van der Waals surface area contributed by atoms with Gasteiger partial charge in [0.05, 0.1) is 22.5 Å². The van der Waals surface area contributed by atoms with E-state index in [1.165, 1.54) is 36.3 Å². The quantitative estimate of drug-likeness (QED) is 0.135. The Kier molecular flexibility index (Phi) is 7.92. The highest BCUT2D eigenvalue weighted by Gasteiger charge is 2.18. The van der Waals surface area contributed by atoms with Crippen molar-refractivity contribution in [3.8, 4) is 22.3 Å². The molecule has 2 aromatic heterocycles. The molecule has 9 aromatic rings. The summed E-state index contributed by atoms with van der Waals surface area (Å²) in [5.41, 5.74) is 17.4. The van der Waals surface area contributed by atoms with Gasteiger partial charge >= 0.3 is 0 Å². The Morgan fingerprint density at radius 3 is 2.12 bits per heavy atom. The Labute approximate surface area is 300 Å². The van der Waals surface area contributed by atoms with E-state index >= 15 is 0 Å². The molecule has 0 aliphatic heterocycles. The summed E-state index contributed by atoms with van der Waals surface area (Å²) >= 11 is 1.79. The number of pyridine rings is 1. The maximum absolute atomic E-state index is 7.29. The lowest BCUT2D eigenvalue weighted by Crippen LogP contribution is -2.06. The summed E-state index contributed by atoms with van der Waals surface area (Å²) in [6.07, 6.45) is 3.97. The lowest BCUT2D eigenvalue weighted by atomic mass is 9.88. The molecule has 0 aliphatic carbocycles. The normalized spacial score (nSPS) is 12.3. The molecule has 0 saturated heterocycles. The average Bonchev–Trinajstić information content (AvgIpc) is 3.59. The summed E-state index contributed by atoms with van der Waals surface area (Å²) in [6, 6.07) is 57.6. The Bertz CT molecular complexity index is 2780. The van der Waals surface area contributed by atoms with Gasteiger partial charge in [0.2, 0.25) is 0 Å². The lowest BCUT2D eigenvalue weighted by Gasteiger charge is -2.17. The minimum atomic E-state index is 0.554. The molecule has 3 nitrogen and oxygen atoms in total. The molecule has 0 aliphatic rings. The number of benzene rings is 7. The molecule has 0 radical (unpaired) electrons. The number of hydrogen-bond acceptors (Lipinski definition) is 4. The highest BCUT2D eigenvalue weighted by Crippen LogP contribution is 2.42. The van der Waals surface area contributed by atoms with E-state index < -0.39 is 0 Å². The van der Waals surface area contributed by atoms with Crippen molar-refractivity contribution in [3.05, 3.63) is 193 Å². The van der Waals surface area contributed by atoms with E-state index in [9.17, 15) is 0 Å². The van der Waals surface area contributed by atoms with Crippen molar-refractivity contribution in [3.63, 3.8) is 0 Å². The van der Waals surface area contributed by atoms with Crippen molar-refractivity contribution in [1.82, 2.24) is 4.98 Å². The van der Waals surface area contributed by atoms with Gasteiger partial charge in [0.15, 0.2) is 0 Å². The second-order valence-electron chi connectivity index (χ2n) is 12.7. The molecule has 7 aromatic carbocycles. The number of thiophene rings is 1. The fourth-order valence-electron chi connectivity index (χ4n) is 7.11. The van der Waals surface area contributed by atoms with Crippen molar-refractivity contribution in [1.29, 1.82) is 0 Å². The van der Waals surface area contributed by atoms with Crippen LogP contribution in [0.2, 0.25) is 0 Å². The first-order chi connectivity index (χ1) is 25.2. The fraction of sp³-hybridized carbons (Fsp3) is 0.0213. The molecule has 0 saturated carbocycles. The zero-order valence-electron chi connectivity index (χ0n) is 27.8. The van der Waals surface area contributed by atoms with Gasteiger partial charge in [-0.05, 0) is 79.7 Å². The van der Waals surface area contributed by atoms with Crippen LogP contribution >= 0.6 is 11.3 Å². The van der Waals surface area contributed by atoms with Crippen LogP contribution < -0.4 is 5.73 Å². The largest absolute Gasteiger partial charge is 0.398 e. The van der Waals surface area contributed by atoms with Crippen molar-refractivity contribution < 1.29 is 0 Å². The predicted molar refractivity (Wildman–Crippen MR) is 218 cm³/mol. The van der Waals surface area contributed by atoms with Crippen LogP contribution in [0.15, 0.2) is 181 Å². The minimum Gasteiger partial charge on any atom is -0.398 e. The van der Waals surface area contributed by atoms with Crippen molar-refractivity contribution in [2.45, 2.75) is 6.54 Å². The van der Waals surface area contributed by atoms with Gasteiger partial charge in [0.1, 0.15) is 0 Å². The molecule has 0 bridgehead atoms. The monoisotopic (exact) mass is 671 g/mol. The Morgan fingerprint density at radius 2 is 1.29 bits per heavy atom. The van der Waals surface area contributed by atoms with Crippen LogP contribution in [0, 0.1) is 0 Å². The zero-order valence-corrected chi connectivity index (χ0v) is 28.6. The van der Waals surface area contributed by atoms with Gasteiger partial charge in [0.25, 0.3) is 0 Å². The van der Waals surface area contributed by atoms with Crippen LogP contribution in [0.1, 0.15) is 16.7 Å². The Balaban J connectivity index is 1.28. The molecule has 2 heterocycles. The highest BCUT2D eigenvalue weighted by molar-refractivity contribution is 7.26. The summed E-state index contributed by atoms with van der Waals surface area (Å²) in [5, 5.41) is 6.02. The van der Waals surface area contributed by atoms with Crippen LogP contribution in [0.5, 0.6) is 0 Å². The maximum atomic E-state index is 7.29. The third-order valence-corrected chi connectivity index (χ3v) is 10.8. The number of aromatic nitrogens is 1. The molecule has 2 N–H and O–H groups in total. The Morgan fingerprint density at radius 1 is 0.608 bits per heavy atom.